The van der Waals surface area contributed by atoms with Crippen LogP contribution in [0.5, 0.6) is 5.75 Å². The summed E-state index contributed by atoms with van der Waals surface area (Å²) in [6.07, 6.45) is 19.3. The van der Waals surface area contributed by atoms with Gasteiger partial charge >= 0.3 is 10.2 Å². The van der Waals surface area contributed by atoms with Gasteiger partial charge in [0.1, 0.15) is 5.75 Å². The number of carbonyl (C=O) groups is 2. The minimum absolute atomic E-state index is 0.176. The number of amides is 2. The van der Waals surface area contributed by atoms with Crippen LogP contribution in [0.1, 0.15) is 100 Å². The molecule has 0 radical (unpaired) electrons. The zero-order valence-electron chi connectivity index (χ0n) is 30.7. The summed E-state index contributed by atoms with van der Waals surface area (Å²) in [5.74, 6) is -0.501. The van der Waals surface area contributed by atoms with Crippen molar-refractivity contribution in [2.24, 2.45) is 11.8 Å². The lowest BCUT2D eigenvalue weighted by Crippen LogP contribution is -2.56. The van der Waals surface area contributed by atoms with Crippen LogP contribution in [0.15, 0.2) is 47.1 Å². The number of rotatable bonds is 9. The number of fused-ring (bicyclic) bond motifs is 6. The van der Waals surface area contributed by atoms with Crippen LogP contribution in [0, 0.1) is 11.8 Å². The number of benzene rings is 1. The lowest BCUT2D eigenvalue weighted by molar-refractivity contribution is -0.141. The molecule has 2 amide bonds. The van der Waals surface area contributed by atoms with Gasteiger partial charge in [-0.15, -0.1) is 0 Å². The van der Waals surface area contributed by atoms with Gasteiger partial charge in [-0.2, -0.15) is 12.7 Å². The van der Waals surface area contributed by atoms with Gasteiger partial charge in [0.25, 0.3) is 0 Å². The van der Waals surface area contributed by atoms with Gasteiger partial charge in [-0.3, -0.25) is 9.59 Å². The minimum Gasteiger partial charge on any atom is -0.496 e. The fourth-order valence-corrected chi connectivity index (χ4v) is 10.5. The molecule has 11 heteroatoms. The quantitative estimate of drug-likeness (QED) is 0.346. The van der Waals surface area contributed by atoms with Crippen molar-refractivity contribution < 1.29 is 22.7 Å². The first kappa shape index (κ1) is 34.7. The molecule has 10 nitrogen and oxygen atoms in total. The van der Waals surface area contributed by atoms with Crippen molar-refractivity contribution in [1.82, 2.24) is 23.4 Å². The first-order chi connectivity index (χ1) is 24.5. The number of nitrogens with zero attached hydrogens (tertiary/aromatic N) is 4. The van der Waals surface area contributed by atoms with Crippen LogP contribution >= 0.6 is 0 Å². The molecule has 8 rings (SSSR count). The smallest absolute Gasteiger partial charge is 0.303 e. The number of nitrogens with one attached hydrogen (secondary N) is 1. The molecule has 0 saturated heterocycles. The molecule has 5 atom stereocenters. The summed E-state index contributed by atoms with van der Waals surface area (Å²) in [5.41, 5.74) is 6.01. The molecule has 0 spiro atoms. The number of hydrogen-bond acceptors (Lipinski definition) is 6. The van der Waals surface area contributed by atoms with Crippen LogP contribution < -0.4 is 9.46 Å². The zero-order chi connectivity index (χ0) is 35.8. The number of methoxy groups -OCH3 is 1. The fraction of sp³-hybridized carbons (Fsp3) is 0.600. The molecule has 1 aromatic carbocycles. The summed E-state index contributed by atoms with van der Waals surface area (Å²) < 4.78 is 37.2. The van der Waals surface area contributed by atoms with E-state index in [2.05, 4.69) is 69.7 Å². The summed E-state index contributed by atoms with van der Waals surface area (Å²) in [4.78, 5) is 33.7. The van der Waals surface area contributed by atoms with Crippen molar-refractivity contribution in [2.45, 2.75) is 107 Å². The van der Waals surface area contributed by atoms with Gasteiger partial charge in [0.05, 0.1) is 24.5 Å². The summed E-state index contributed by atoms with van der Waals surface area (Å²) in [7, 11) is 4.84. The topological polar surface area (TPSA) is 104 Å². The fourth-order valence-electron chi connectivity index (χ4n) is 9.91. The van der Waals surface area contributed by atoms with Gasteiger partial charge in [-0.25, -0.2) is 4.72 Å². The molecule has 2 heterocycles. The Hall–Kier alpha value is -3.41. The second-order valence-corrected chi connectivity index (χ2v) is 18.0. The predicted octanol–water partition coefficient (Wildman–Crippen LogP) is 5.92. The number of carbonyl (C=O) groups excluding carboxylic acids is 2. The van der Waals surface area contributed by atoms with Crippen LogP contribution in [-0.4, -0.2) is 92.3 Å². The molecule has 5 aliphatic carbocycles. The monoisotopic (exact) mass is 715 g/mol. The third-order valence-corrected chi connectivity index (χ3v) is 14.1. The number of hydrogen-bond donors (Lipinski definition) is 1. The lowest BCUT2D eigenvalue weighted by Gasteiger charge is -2.45. The van der Waals surface area contributed by atoms with Crippen molar-refractivity contribution in [3.05, 3.63) is 58.3 Å². The third-order valence-electron chi connectivity index (χ3n) is 12.6. The second kappa shape index (κ2) is 13.2. The summed E-state index contributed by atoms with van der Waals surface area (Å²) in [6, 6.07) is 7.31. The normalized spacial score (nSPS) is 27.8. The molecular weight excluding hydrogens is 663 g/mol. The Kier molecular flexibility index (Phi) is 8.98. The molecule has 1 aliphatic heterocycles. The maximum atomic E-state index is 15.3. The van der Waals surface area contributed by atoms with Gasteiger partial charge in [-0.05, 0) is 99.4 Å². The molecule has 4 fully saturated rings. The highest BCUT2D eigenvalue weighted by Gasteiger charge is 2.53. The van der Waals surface area contributed by atoms with Crippen LogP contribution in [0.3, 0.4) is 0 Å². The molecule has 6 aliphatic rings. The number of likely N-dealkylation sites (N-methyl/N-ethyl adjacent to an activating group) is 1. The lowest BCUT2D eigenvalue weighted by atomic mass is 9.75. The largest absolute Gasteiger partial charge is 0.496 e. The molecular formula is C40H53N5O5S. The highest BCUT2D eigenvalue weighted by Crippen LogP contribution is 2.58. The van der Waals surface area contributed by atoms with Crippen LogP contribution in [0.2, 0.25) is 0 Å². The molecule has 4 saturated carbocycles. The molecule has 274 valence electrons. The number of allylic oxidation sites excluding steroid dienone is 3. The highest BCUT2D eigenvalue weighted by molar-refractivity contribution is 7.87. The maximum Gasteiger partial charge on any atom is 0.303 e. The van der Waals surface area contributed by atoms with Crippen molar-refractivity contribution >= 4 is 39.1 Å². The average molecular weight is 716 g/mol. The third kappa shape index (κ3) is 5.97. The van der Waals surface area contributed by atoms with Gasteiger partial charge in [0.15, 0.2) is 0 Å². The van der Waals surface area contributed by atoms with Crippen molar-refractivity contribution in [3.63, 3.8) is 0 Å². The van der Waals surface area contributed by atoms with Crippen molar-refractivity contribution in [1.29, 1.82) is 0 Å². The molecule has 1 N–H and O–H groups in total. The minimum atomic E-state index is -3.98. The molecule has 51 heavy (non-hydrogen) atoms. The van der Waals surface area contributed by atoms with E-state index in [1.165, 1.54) is 45.3 Å². The number of ether oxygens (including phenoxy) is 1. The summed E-state index contributed by atoms with van der Waals surface area (Å²) in [6.45, 7) is 0. The summed E-state index contributed by atoms with van der Waals surface area (Å²) >= 11 is 0. The number of aromatic nitrogens is 1. The van der Waals surface area contributed by atoms with Crippen molar-refractivity contribution in [2.75, 3.05) is 35.3 Å². The molecule has 2 aromatic rings. The van der Waals surface area contributed by atoms with E-state index in [4.69, 9.17) is 4.74 Å². The first-order valence-corrected chi connectivity index (χ1v) is 20.5. The van der Waals surface area contributed by atoms with Gasteiger partial charge in [0.2, 0.25) is 11.8 Å². The molecule has 0 bridgehead atoms. The van der Waals surface area contributed by atoms with E-state index in [0.29, 0.717) is 18.4 Å². The van der Waals surface area contributed by atoms with Crippen LogP contribution in [0.25, 0.3) is 17.1 Å². The van der Waals surface area contributed by atoms with Gasteiger partial charge < -0.3 is 19.1 Å². The maximum absolute atomic E-state index is 15.3. The predicted molar refractivity (Wildman–Crippen MR) is 199 cm³/mol. The Bertz CT molecular complexity index is 1950. The zero-order valence-corrected chi connectivity index (χ0v) is 31.5. The Labute approximate surface area is 302 Å². The standard InChI is InChI=1S/C40H53N5O5S/c1-42(2)31-16-9-10-17-32(31)45(25-18-19-25)40(47)28-15-11-14-27-35(28)33-22-29-34(50-5)21-20-26(24-12-7-6-8-13-24)38(29)44(33)23-30-36(27)37(30)39(46)41-51(48,49)43(3)4/h11,14,20-25,28,31-32,35,37H,6-10,12-13,15-19H2,1-5H3,(H,41,46)/t28-,31-,32-,35?,37?/m1/s1. The Balaban J connectivity index is 1.30. The van der Waals surface area contributed by atoms with E-state index in [-0.39, 0.29) is 29.8 Å². The Morgan fingerprint density at radius 3 is 2.29 bits per heavy atom. The first-order valence-electron chi connectivity index (χ1n) is 19.1. The van der Waals surface area contributed by atoms with Crippen molar-refractivity contribution in [3.8, 4) is 5.75 Å². The van der Waals surface area contributed by atoms with E-state index < -0.39 is 22.0 Å². The SMILES string of the molecule is COc1ccc(C2CCCCC2)c2c1cc1n2C=C2C(=C3C=CC[C@@H](C(=O)N(C4CC4)[C@@H]4CCCC[C@H]4N(C)C)C31)C2C(=O)NS(=O)(=O)N(C)C. The van der Waals surface area contributed by atoms with E-state index >= 15 is 4.79 Å². The Morgan fingerprint density at radius 2 is 1.63 bits per heavy atom. The van der Waals surface area contributed by atoms with E-state index in [1.807, 2.05) is 0 Å². The van der Waals surface area contributed by atoms with E-state index in [9.17, 15) is 13.2 Å². The highest BCUT2D eigenvalue weighted by atomic mass is 32.2. The molecule has 2 unspecified atom stereocenters. The average Bonchev–Trinajstić information content (AvgIpc) is 4.05. The van der Waals surface area contributed by atoms with Gasteiger partial charge in [0, 0.05) is 55.4 Å². The van der Waals surface area contributed by atoms with Crippen LogP contribution in [0.4, 0.5) is 0 Å². The van der Waals surface area contributed by atoms with Crippen LogP contribution in [-0.2, 0) is 19.8 Å². The molecule has 1 aromatic heterocycles. The second-order valence-electron chi connectivity index (χ2n) is 16.1. The van der Waals surface area contributed by atoms with E-state index in [0.717, 1.165) is 88.3 Å². The van der Waals surface area contributed by atoms with E-state index in [1.54, 1.807) is 7.11 Å². The summed E-state index contributed by atoms with van der Waals surface area (Å²) in [5, 5.41) is 1.02. The Morgan fingerprint density at radius 1 is 0.922 bits per heavy atom. The van der Waals surface area contributed by atoms with Gasteiger partial charge in [-0.1, -0.05) is 50.3 Å².